The number of aliphatic hydroxyl groups is 1. The number of ether oxygens (including phenoxy) is 1. The van der Waals surface area contributed by atoms with Crippen molar-refractivity contribution in [3.8, 4) is 0 Å². The first-order valence-corrected chi connectivity index (χ1v) is 10.2. The van der Waals surface area contributed by atoms with Crippen LogP contribution in [0.1, 0.15) is 47.7 Å². The molecule has 0 unspecified atom stereocenters. The maximum Gasteiger partial charge on any atom is 0.259 e. The number of rotatable bonds is 2. The van der Waals surface area contributed by atoms with Crippen LogP contribution in [0.3, 0.4) is 0 Å². The second-order valence-electron chi connectivity index (χ2n) is 8.32. The molecule has 1 amide bonds. The summed E-state index contributed by atoms with van der Waals surface area (Å²) in [7, 11) is 1.92. The van der Waals surface area contributed by atoms with Gasteiger partial charge in [0.25, 0.3) is 5.91 Å². The van der Waals surface area contributed by atoms with E-state index >= 15 is 0 Å². The number of hydrogen-bond donors (Lipinski definition) is 1. The Morgan fingerprint density at radius 2 is 1.97 bits per heavy atom. The Morgan fingerprint density at radius 1 is 1.21 bits per heavy atom. The molecule has 1 N–H and O–H groups in total. The fourth-order valence-electron chi connectivity index (χ4n) is 4.84. The van der Waals surface area contributed by atoms with Gasteiger partial charge in [-0.05, 0) is 18.4 Å². The van der Waals surface area contributed by atoms with Crippen molar-refractivity contribution in [2.75, 3.05) is 13.1 Å². The van der Waals surface area contributed by atoms with Gasteiger partial charge in [-0.1, -0.05) is 30.3 Å². The molecule has 0 aliphatic carbocycles. The Balaban J connectivity index is 1.31. The fourth-order valence-corrected chi connectivity index (χ4v) is 4.84. The zero-order valence-electron chi connectivity index (χ0n) is 16.6. The van der Waals surface area contributed by atoms with Crippen LogP contribution < -0.4 is 0 Å². The van der Waals surface area contributed by atoms with Gasteiger partial charge in [0.1, 0.15) is 11.2 Å². The van der Waals surface area contributed by atoms with E-state index in [4.69, 9.17) is 4.74 Å². The number of carbonyl (C=O) groups is 1. The minimum Gasteiger partial charge on any atom is -0.393 e. The summed E-state index contributed by atoms with van der Waals surface area (Å²) in [5.41, 5.74) is 2.17. The van der Waals surface area contributed by atoms with E-state index in [0.717, 1.165) is 24.1 Å². The van der Waals surface area contributed by atoms with E-state index in [1.54, 1.807) is 10.7 Å². The maximum atomic E-state index is 13.1. The van der Waals surface area contributed by atoms with Crippen molar-refractivity contribution in [1.82, 2.24) is 19.1 Å². The topological polar surface area (TPSA) is 72.0 Å². The molecule has 2 fully saturated rings. The molecule has 29 heavy (non-hydrogen) atoms. The summed E-state index contributed by atoms with van der Waals surface area (Å²) in [6.45, 7) is 1.24. The van der Waals surface area contributed by atoms with Gasteiger partial charge in [-0.25, -0.2) is 4.52 Å². The minimum absolute atomic E-state index is 0.00705. The predicted octanol–water partition coefficient (Wildman–Crippen LogP) is 2.56. The van der Waals surface area contributed by atoms with Gasteiger partial charge in [0.05, 0.1) is 24.0 Å². The van der Waals surface area contributed by atoms with Gasteiger partial charge < -0.3 is 19.3 Å². The van der Waals surface area contributed by atoms with Crippen molar-refractivity contribution in [2.45, 2.75) is 43.5 Å². The Morgan fingerprint density at radius 3 is 2.72 bits per heavy atom. The average molecular weight is 394 g/mol. The molecule has 7 heteroatoms. The van der Waals surface area contributed by atoms with Crippen molar-refractivity contribution >= 4 is 11.6 Å². The van der Waals surface area contributed by atoms with Crippen LogP contribution in [0.25, 0.3) is 5.65 Å². The summed E-state index contributed by atoms with van der Waals surface area (Å²) in [5, 5.41) is 14.8. The van der Waals surface area contributed by atoms with E-state index in [1.807, 2.05) is 47.1 Å². The van der Waals surface area contributed by atoms with Crippen LogP contribution >= 0.6 is 0 Å². The van der Waals surface area contributed by atoms with E-state index in [1.165, 1.54) is 0 Å². The van der Waals surface area contributed by atoms with Crippen LogP contribution in [-0.2, 0) is 11.8 Å². The largest absolute Gasteiger partial charge is 0.393 e. The highest BCUT2D eigenvalue weighted by atomic mass is 16.5. The van der Waals surface area contributed by atoms with Gasteiger partial charge in [0.15, 0.2) is 0 Å². The first-order valence-electron chi connectivity index (χ1n) is 10.2. The number of likely N-dealkylation sites (tertiary alicyclic amines) is 1. The number of carbonyl (C=O) groups excluding carboxylic acids is 1. The van der Waals surface area contributed by atoms with Crippen molar-refractivity contribution in [3.05, 3.63) is 60.0 Å². The Hall–Kier alpha value is -2.64. The molecule has 5 rings (SSSR count). The summed E-state index contributed by atoms with van der Waals surface area (Å²) < 4.78 is 10.2. The molecule has 1 spiro atoms. The van der Waals surface area contributed by atoms with Gasteiger partial charge >= 0.3 is 0 Å². The standard InChI is InChI=1S/C22H26N4O3/c1-24-11-12-26-20(24)18(15-23-26)21(28)25-9-7-22(8-10-25)14-17(27)13-19(29-22)16-5-3-2-4-6-16/h2-6,11-12,15,17,19,27H,7-10,13-14H2,1H3/t17-,19+/m0/s1. The second kappa shape index (κ2) is 7.00. The summed E-state index contributed by atoms with van der Waals surface area (Å²) in [6, 6.07) is 10.1. The Labute approximate surface area is 169 Å². The highest BCUT2D eigenvalue weighted by Gasteiger charge is 2.44. The lowest BCUT2D eigenvalue weighted by molar-refractivity contribution is -0.181. The van der Waals surface area contributed by atoms with Gasteiger partial charge in [0.2, 0.25) is 0 Å². The lowest BCUT2D eigenvalue weighted by Gasteiger charge is -2.48. The normalized spacial score (nSPS) is 24.3. The molecule has 2 atom stereocenters. The molecule has 7 nitrogen and oxygen atoms in total. The second-order valence-corrected chi connectivity index (χ2v) is 8.32. The molecule has 2 saturated heterocycles. The minimum atomic E-state index is -0.380. The van der Waals surface area contributed by atoms with Crippen LogP contribution in [0.15, 0.2) is 48.9 Å². The number of benzene rings is 1. The highest BCUT2D eigenvalue weighted by molar-refractivity contribution is 5.99. The molecule has 1 aromatic carbocycles. The number of nitrogens with zero attached hydrogens (tertiary/aromatic N) is 4. The van der Waals surface area contributed by atoms with E-state index < -0.39 is 0 Å². The molecule has 2 aliphatic heterocycles. The molecule has 3 aromatic rings. The highest BCUT2D eigenvalue weighted by Crippen LogP contribution is 2.43. The van der Waals surface area contributed by atoms with Gasteiger partial charge in [0, 0.05) is 45.4 Å². The predicted molar refractivity (Wildman–Crippen MR) is 108 cm³/mol. The summed E-state index contributed by atoms with van der Waals surface area (Å²) in [6.07, 6.45) is 7.63. The summed E-state index contributed by atoms with van der Waals surface area (Å²) in [4.78, 5) is 15.0. The number of amides is 1. The first-order chi connectivity index (χ1) is 14.0. The van der Waals surface area contributed by atoms with Crippen molar-refractivity contribution in [3.63, 3.8) is 0 Å². The smallest absolute Gasteiger partial charge is 0.259 e. The number of aromatic nitrogens is 3. The fraction of sp³-hybridized carbons (Fsp3) is 0.455. The number of fused-ring (bicyclic) bond motifs is 1. The lowest BCUT2D eigenvalue weighted by atomic mass is 9.81. The van der Waals surface area contributed by atoms with Gasteiger partial charge in [-0.2, -0.15) is 5.10 Å². The molecule has 0 radical (unpaired) electrons. The van der Waals surface area contributed by atoms with Gasteiger partial charge in [-0.15, -0.1) is 0 Å². The summed E-state index contributed by atoms with van der Waals surface area (Å²) >= 11 is 0. The van der Waals surface area contributed by atoms with Crippen molar-refractivity contribution in [1.29, 1.82) is 0 Å². The molecule has 0 bridgehead atoms. The number of piperidine rings is 1. The summed E-state index contributed by atoms with van der Waals surface area (Å²) in [5.74, 6) is 0.00705. The van der Waals surface area contributed by atoms with E-state index in [9.17, 15) is 9.90 Å². The molecule has 4 heterocycles. The van der Waals surface area contributed by atoms with E-state index in [-0.39, 0.29) is 23.7 Å². The molecule has 2 aliphatic rings. The molecular weight excluding hydrogens is 368 g/mol. The average Bonchev–Trinajstić information content (AvgIpc) is 3.31. The quantitative estimate of drug-likeness (QED) is 0.725. The van der Waals surface area contributed by atoms with Crippen LogP contribution in [0.2, 0.25) is 0 Å². The number of imidazole rings is 1. The third-order valence-electron chi connectivity index (χ3n) is 6.38. The monoisotopic (exact) mass is 394 g/mol. The Bertz CT molecular complexity index is 1020. The molecular formula is C22H26N4O3. The molecule has 0 saturated carbocycles. The number of hydrogen-bond acceptors (Lipinski definition) is 4. The van der Waals surface area contributed by atoms with Gasteiger partial charge in [-0.3, -0.25) is 4.79 Å². The third-order valence-corrected chi connectivity index (χ3v) is 6.38. The van der Waals surface area contributed by atoms with Crippen LogP contribution in [0, 0.1) is 0 Å². The zero-order chi connectivity index (χ0) is 20.0. The lowest BCUT2D eigenvalue weighted by Crippen LogP contribution is -2.52. The van der Waals surface area contributed by atoms with E-state index in [2.05, 4.69) is 17.2 Å². The number of aliphatic hydroxyl groups excluding tert-OH is 1. The zero-order valence-corrected chi connectivity index (χ0v) is 16.6. The van der Waals surface area contributed by atoms with Crippen LogP contribution in [-0.4, -0.2) is 54.9 Å². The SMILES string of the molecule is Cn1ccn2ncc(C(=O)N3CCC4(CC3)C[C@@H](O)C[C@H](c3ccccc3)O4)c12. The maximum absolute atomic E-state index is 13.1. The number of aryl methyl sites for hydroxylation is 1. The first kappa shape index (κ1) is 18.4. The third kappa shape index (κ3) is 3.24. The molecule has 2 aromatic heterocycles. The van der Waals surface area contributed by atoms with Crippen molar-refractivity contribution in [2.24, 2.45) is 7.05 Å². The van der Waals surface area contributed by atoms with Crippen molar-refractivity contribution < 1.29 is 14.6 Å². The Kier molecular flexibility index (Phi) is 4.44. The molecule has 152 valence electrons. The van der Waals surface area contributed by atoms with Crippen LogP contribution in [0.5, 0.6) is 0 Å². The van der Waals surface area contributed by atoms with Crippen LogP contribution in [0.4, 0.5) is 0 Å². The van der Waals surface area contributed by atoms with E-state index in [0.29, 0.717) is 31.5 Å².